The first kappa shape index (κ1) is 17.5. The summed E-state index contributed by atoms with van der Waals surface area (Å²) < 4.78 is 12.9. The Kier molecular flexibility index (Phi) is 6.88. The monoisotopic (exact) mass is 304 g/mol. The van der Waals surface area contributed by atoms with E-state index in [4.69, 9.17) is 0 Å². The molecule has 0 amide bonds. The lowest BCUT2D eigenvalue weighted by Crippen LogP contribution is -2.28. The molecule has 0 saturated heterocycles. The molecular formula is C15H17FN4O2. The first-order valence-electron chi connectivity index (χ1n) is 6.61. The van der Waals surface area contributed by atoms with Crippen LogP contribution in [0.2, 0.25) is 0 Å². The molecule has 1 aromatic rings. The van der Waals surface area contributed by atoms with E-state index in [0.717, 1.165) is 5.56 Å². The molecule has 22 heavy (non-hydrogen) atoms. The van der Waals surface area contributed by atoms with Crippen LogP contribution in [0.5, 0.6) is 0 Å². The quantitative estimate of drug-likeness (QED) is 0.320. The summed E-state index contributed by atoms with van der Waals surface area (Å²) in [7, 11) is 0. The number of hydrogen-bond donors (Lipinski definition) is 0. The SMILES string of the molecule is C=N/N=C(\C=O)C(N=O)C(C)=NC(C)Cc1ccc(F)cc1. The fraction of sp³-hybridized carbons (Fsp3) is 0.333. The van der Waals surface area contributed by atoms with Gasteiger partial charge >= 0.3 is 0 Å². The predicted molar refractivity (Wildman–Crippen MR) is 85.3 cm³/mol. The molecule has 116 valence electrons. The van der Waals surface area contributed by atoms with Crippen LogP contribution in [0.25, 0.3) is 0 Å². The Labute approximate surface area is 127 Å². The Bertz CT molecular complexity index is 596. The number of rotatable bonds is 8. The zero-order valence-corrected chi connectivity index (χ0v) is 12.4. The summed E-state index contributed by atoms with van der Waals surface area (Å²) in [5.41, 5.74) is 1.14. The average Bonchev–Trinajstić information content (AvgIpc) is 2.49. The van der Waals surface area contributed by atoms with Gasteiger partial charge in [0.15, 0.2) is 12.3 Å². The van der Waals surface area contributed by atoms with Gasteiger partial charge in [0, 0.05) is 12.4 Å². The van der Waals surface area contributed by atoms with Crippen LogP contribution in [0.3, 0.4) is 0 Å². The predicted octanol–water partition coefficient (Wildman–Crippen LogP) is 2.61. The van der Waals surface area contributed by atoms with E-state index in [1.807, 2.05) is 6.92 Å². The van der Waals surface area contributed by atoms with Gasteiger partial charge < -0.3 is 0 Å². The topological polar surface area (TPSA) is 83.6 Å². The lowest BCUT2D eigenvalue weighted by Gasteiger charge is -2.11. The molecule has 0 N–H and O–H groups in total. The second-order valence-electron chi connectivity index (χ2n) is 4.74. The number of aliphatic imine (C=N–C) groups is 1. The molecule has 1 aromatic carbocycles. The number of halogens is 1. The van der Waals surface area contributed by atoms with Crippen LogP contribution in [0.1, 0.15) is 19.4 Å². The van der Waals surface area contributed by atoms with E-state index in [0.29, 0.717) is 18.4 Å². The highest BCUT2D eigenvalue weighted by Crippen LogP contribution is 2.09. The molecule has 0 aliphatic carbocycles. The van der Waals surface area contributed by atoms with Crippen molar-refractivity contribution < 1.29 is 9.18 Å². The van der Waals surface area contributed by atoms with Gasteiger partial charge in [-0.15, -0.1) is 10.0 Å². The van der Waals surface area contributed by atoms with Crippen molar-refractivity contribution in [2.45, 2.75) is 32.4 Å². The second kappa shape index (κ2) is 8.66. The Morgan fingerprint density at radius 2 is 2.00 bits per heavy atom. The molecule has 0 aliphatic heterocycles. The summed E-state index contributed by atoms with van der Waals surface area (Å²) in [5.74, 6) is -0.301. The summed E-state index contributed by atoms with van der Waals surface area (Å²) >= 11 is 0. The molecule has 6 nitrogen and oxygen atoms in total. The maximum Gasteiger partial charge on any atom is 0.176 e. The Hall–Kier alpha value is -2.57. The third-order valence-electron chi connectivity index (χ3n) is 2.96. The zero-order chi connectivity index (χ0) is 16.5. The third kappa shape index (κ3) is 5.08. The van der Waals surface area contributed by atoms with Crippen molar-refractivity contribution in [2.24, 2.45) is 20.4 Å². The molecule has 0 heterocycles. The van der Waals surface area contributed by atoms with Crippen molar-refractivity contribution in [3.8, 4) is 0 Å². The summed E-state index contributed by atoms with van der Waals surface area (Å²) in [6, 6.07) is 4.85. The largest absolute Gasteiger partial charge is 0.296 e. The van der Waals surface area contributed by atoms with Gasteiger partial charge in [0.1, 0.15) is 11.5 Å². The van der Waals surface area contributed by atoms with Gasteiger partial charge in [0.2, 0.25) is 0 Å². The van der Waals surface area contributed by atoms with Crippen LogP contribution in [0.4, 0.5) is 4.39 Å². The Balaban J connectivity index is 2.86. The van der Waals surface area contributed by atoms with E-state index in [1.54, 1.807) is 19.1 Å². The normalized spacial score (nSPS) is 15.0. The molecular weight excluding hydrogens is 287 g/mol. The second-order valence-corrected chi connectivity index (χ2v) is 4.74. The van der Waals surface area contributed by atoms with Crippen molar-refractivity contribution in [3.05, 3.63) is 40.6 Å². The number of hydrogen-bond acceptors (Lipinski definition) is 6. The van der Waals surface area contributed by atoms with Crippen molar-refractivity contribution in [1.82, 2.24) is 0 Å². The van der Waals surface area contributed by atoms with Crippen LogP contribution in [0.15, 0.2) is 44.6 Å². The lowest BCUT2D eigenvalue weighted by atomic mass is 10.1. The minimum atomic E-state index is -1.08. The van der Waals surface area contributed by atoms with E-state index in [2.05, 4.69) is 27.1 Å². The summed E-state index contributed by atoms with van der Waals surface area (Å²) in [6.07, 6.45) is 0.973. The van der Waals surface area contributed by atoms with Crippen molar-refractivity contribution in [3.63, 3.8) is 0 Å². The number of nitrogens with zero attached hydrogens (tertiary/aromatic N) is 4. The minimum absolute atomic E-state index is 0.139. The van der Waals surface area contributed by atoms with Crippen molar-refractivity contribution in [1.29, 1.82) is 0 Å². The molecule has 1 rings (SSSR count). The van der Waals surface area contributed by atoms with Gasteiger partial charge in [-0.3, -0.25) is 9.79 Å². The van der Waals surface area contributed by atoms with Crippen LogP contribution < -0.4 is 0 Å². The first-order valence-corrected chi connectivity index (χ1v) is 6.61. The highest BCUT2D eigenvalue weighted by Gasteiger charge is 2.20. The molecule has 0 fully saturated rings. The molecule has 0 radical (unpaired) electrons. The van der Waals surface area contributed by atoms with E-state index >= 15 is 0 Å². The van der Waals surface area contributed by atoms with Crippen LogP contribution in [0, 0.1) is 10.7 Å². The van der Waals surface area contributed by atoms with E-state index in [-0.39, 0.29) is 17.6 Å². The van der Waals surface area contributed by atoms with Crippen molar-refractivity contribution >= 4 is 24.4 Å². The summed E-state index contributed by atoms with van der Waals surface area (Å²) in [6.45, 7) is 6.58. The van der Waals surface area contributed by atoms with Crippen LogP contribution in [-0.2, 0) is 11.2 Å². The van der Waals surface area contributed by atoms with Gasteiger partial charge in [-0.05, 0) is 38.0 Å². The van der Waals surface area contributed by atoms with E-state index < -0.39 is 6.04 Å². The van der Waals surface area contributed by atoms with Crippen LogP contribution in [-0.4, -0.2) is 36.5 Å². The molecule has 0 bridgehead atoms. The number of carbonyl (C=O) groups excluding carboxylic acids is 1. The summed E-state index contributed by atoms with van der Waals surface area (Å²) in [4.78, 5) is 26.2. The summed E-state index contributed by atoms with van der Waals surface area (Å²) in [5, 5.41) is 9.58. The number of nitroso groups, excluding NO2 is 1. The number of benzene rings is 1. The van der Waals surface area contributed by atoms with Gasteiger partial charge in [0.05, 0.1) is 6.04 Å². The van der Waals surface area contributed by atoms with Gasteiger partial charge in [0.25, 0.3) is 0 Å². The van der Waals surface area contributed by atoms with E-state index in [9.17, 15) is 14.1 Å². The number of aldehydes is 1. The molecule has 0 aliphatic rings. The maximum atomic E-state index is 12.9. The molecule has 7 heteroatoms. The fourth-order valence-electron chi connectivity index (χ4n) is 1.99. The molecule has 0 saturated carbocycles. The van der Waals surface area contributed by atoms with Gasteiger partial charge in [-0.1, -0.05) is 17.3 Å². The molecule has 0 spiro atoms. The third-order valence-corrected chi connectivity index (χ3v) is 2.96. The Morgan fingerprint density at radius 1 is 1.36 bits per heavy atom. The molecule has 2 atom stereocenters. The Morgan fingerprint density at radius 3 is 2.50 bits per heavy atom. The highest BCUT2D eigenvalue weighted by molar-refractivity contribution is 6.36. The fourth-order valence-corrected chi connectivity index (χ4v) is 1.99. The van der Waals surface area contributed by atoms with E-state index in [1.165, 1.54) is 12.1 Å². The molecule has 0 aromatic heterocycles. The molecule has 2 unspecified atom stereocenters. The van der Waals surface area contributed by atoms with Gasteiger partial charge in [-0.25, -0.2) is 4.39 Å². The smallest absolute Gasteiger partial charge is 0.176 e. The zero-order valence-electron chi connectivity index (χ0n) is 12.4. The van der Waals surface area contributed by atoms with Crippen LogP contribution >= 0.6 is 0 Å². The highest BCUT2D eigenvalue weighted by atomic mass is 19.1. The maximum absolute atomic E-state index is 12.9. The first-order chi connectivity index (χ1) is 10.5. The minimum Gasteiger partial charge on any atom is -0.296 e. The standard InChI is InChI=1S/C15H17FN4O2/c1-10(8-12-4-6-13(16)7-5-12)18-11(2)15(20-22)14(9-21)19-17-3/h4-7,9-10,15H,3,8H2,1-2H3/b18-11?,19-14+. The van der Waals surface area contributed by atoms with Crippen molar-refractivity contribution in [2.75, 3.05) is 0 Å². The average molecular weight is 304 g/mol. The van der Waals surface area contributed by atoms with Gasteiger partial charge in [-0.2, -0.15) is 5.10 Å². The number of carbonyl (C=O) groups is 1. The lowest BCUT2D eigenvalue weighted by molar-refractivity contribution is -0.102.